The van der Waals surface area contributed by atoms with Crippen molar-refractivity contribution in [2.75, 3.05) is 0 Å². The zero-order valence-electron chi connectivity index (χ0n) is 17.6. The van der Waals surface area contributed by atoms with Crippen LogP contribution in [0.1, 0.15) is 0 Å². The molecule has 4 heteroatoms. The van der Waals surface area contributed by atoms with Gasteiger partial charge in [-0.1, -0.05) is 103 Å². The van der Waals surface area contributed by atoms with Crippen LogP contribution in [0.4, 0.5) is 0 Å². The summed E-state index contributed by atoms with van der Waals surface area (Å²) >= 11 is 6.36. The van der Waals surface area contributed by atoms with Gasteiger partial charge in [-0.15, -0.1) is 0 Å². The van der Waals surface area contributed by atoms with Crippen molar-refractivity contribution in [3.63, 3.8) is 0 Å². The zero-order chi connectivity index (χ0) is 22.2. The topological polar surface area (TPSA) is 38.7 Å². The second kappa shape index (κ2) is 8.12. The van der Waals surface area contributed by atoms with Crippen molar-refractivity contribution in [1.29, 1.82) is 0 Å². The molecule has 0 aliphatic rings. The summed E-state index contributed by atoms with van der Waals surface area (Å²) in [6.45, 7) is 0. The summed E-state index contributed by atoms with van der Waals surface area (Å²) in [5.41, 5.74) is 4.11. The smallest absolute Gasteiger partial charge is 0.208 e. The molecule has 0 aliphatic carbocycles. The second-order valence-electron chi connectivity index (χ2n) is 7.89. The molecule has 3 nitrogen and oxygen atoms in total. The highest BCUT2D eigenvalue weighted by Gasteiger charge is 2.15. The summed E-state index contributed by atoms with van der Waals surface area (Å²) < 4.78 is 0. The van der Waals surface area contributed by atoms with E-state index in [1.807, 2.05) is 42.5 Å². The van der Waals surface area contributed by atoms with Crippen molar-refractivity contribution in [3.8, 4) is 33.9 Å². The Bertz CT molecular complexity index is 1620. The van der Waals surface area contributed by atoms with Gasteiger partial charge in [0.2, 0.25) is 5.28 Å². The Balaban J connectivity index is 1.60. The highest BCUT2D eigenvalue weighted by atomic mass is 35.5. The standard InChI is InChI=1S/C29H18ClN3/c30-29-32-27(21-9-2-1-3-10-21)31-28(33-29)25-15-7-13-20-12-6-14-24(26(20)25)23-17-16-19-8-4-5-11-22(19)18-23/h1-18H. The SMILES string of the molecule is Clc1nc(-c2ccccc2)nc(-c2cccc3cccc(-c4ccc5ccccc5c4)c23)n1. The van der Waals surface area contributed by atoms with Gasteiger partial charge in [-0.2, -0.15) is 9.97 Å². The van der Waals surface area contributed by atoms with E-state index in [2.05, 4.69) is 76.7 Å². The minimum Gasteiger partial charge on any atom is -0.208 e. The van der Waals surface area contributed by atoms with Crippen LogP contribution in [0.5, 0.6) is 0 Å². The first kappa shape index (κ1) is 19.6. The van der Waals surface area contributed by atoms with Crippen LogP contribution in [-0.2, 0) is 0 Å². The summed E-state index contributed by atoms with van der Waals surface area (Å²) in [6.07, 6.45) is 0. The van der Waals surface area contributed by atoms with Gasteiger partial charge in [-0.05, 0) is 45.0 Å². The van der Waals surface area contributed by atoms with Crippen molar-refractivity contribution in [2.24, 2.45) is 0 Å². The molecule has 0 amide bonds. The fourth-order valence-electron chi connectivity index (χ4n) is 4.31. The average molecular weight is 444 g/mol. The maximum absolute atomic E-state index is 6.36. The third kappa shape index (κ3) is 3.63. The largest absolute Gasteiger partial charge is 0.226 e. The van der Waals surface area contributed by atoms with E-state index in [0.717, 1.165) is 33.0 Å². The fourth-order valence-corrected chi connectivity index (χ4v) is 4.47. The van der Waals surface area contributed by atoms with E-state index in [4.69, 9.17) is 16.6 Å². The maximum Gasteiger partial charge on any atom is 0.226 e. The molecule has 1 heterocycles. The molecule has 0 unspecified atom stereocenters. The van der Waals surface area contributed by atoms with E-state index in [0.29, 0.717) is 11.6 Å². The van der Waals surface area contributed by atoms with Gasteiger partial charge in [0.25, 0.3) is 0 Å². The van der Waals surface area contributed by atoms with Crippen molar-refractivity contribution >= 4 is 33.1 Å². The third-order valence-corrected chi connectivity index (χ3v) is 6.02. The van der Waals surface area contributed by atoms with Gasteiger partial charge in [0.15, 0.2) is 11.6 Å². The Morgan fingerprint density at radius 3 is 1.94 bits per heavy atom. The number of halogens is 1. The van der Waals surface area contributed by atoms with E-state index in [-0.39, 0.29) is 5.28 Å². The van der Waals surface area contributed by atoms with E-state index in [1.54, 1.807) is 0 Å². The molecule has 0 saturated heterocycles. The van der Waals surface area contributed by atoms with E-state index in [1.165, 1.54) is 10.8 Å². The highest BCUT2D eigenvalue weighted by molar-refractivity contribution is 6.28. The zero-order valence-corrected chi connectivity index (χ0v) is 18.4. The number of rotatable bonds is 3. The molecule has 0 bridgehead atoms. The Kier molecular flexibility index (Phi) is 4.82. The van der Waals surface area contributed by atoms with E-state index >= 15 is 0 Å². The van der Waals surface area contributed by atoms with Gasteiger partial charge in [0, 0.05) is 16.5 Å². The quantitative estimate of drug-likeness (QED) is 0.279. The minimum atomic E-state index is 0.180. The van der Waals surface area contributed by atoms with Crippen LogP contribution in [0.2, 0.25) is 5.28 Å². The molecule has 6 rings (SSSR count). The molecule has 6 aromatic rings. The Hall–Kier alpha value is -4.08. The summed E-state index contributed by atoms with van der Waals surface area (Å²) in [6, 6.07) is 37.4. The molecule has 0 saturated carbocycles. The van der Waals surface area contributed by atoms with Crippen LogP contribution in [0.15, 0.2) is 109 Å². The van der Waals surface area contributed by atoms with E-state index in [9.17, 15) is 0 Å². The van der Waals surface area contributed by atoms with Gasteiger partial charge < -0.3 is 0 Å². The number of hydrogen-bond donors (Lipinski definition) is 0. The maximum atomic E-state index is 6.36. The minimum absolute atomic E-state index is 0.180. The molecule has 156 valence electrons. The van der Waals surface area contributed by atoms with Crippen LogP contribution in [0.25, 0.3) is 55.4 Å². The first-order valence-corrected chi connectivity index (χ1v) is 11.1. The molecule has 0 spiro atoms. The van der Waals surface area contributed by atoms with Crippen molar-refractivity contribution in [3.05, 3.63) is 114 Å². The molecule has 5 aromatic carbocycles. The normalized spacial score (nSPS) is 11.2. The molecular formula is C29H18ClN3. The molecule has 0 N–H and O–H groups in total. The van der Waals surface area contributed by atoms with Crippen molar-refractivity contribution < 1.29 is 0 Å². The molecule has 0 atom stereocenters. The van der Waals surface area contributed by atoms with Crippen LogP contribution in [0.3, 0.4) is 0 Å². The van der Waals surface area contributed by atoms with Crippen LogP contribution in [-0.4, -0.2) is 15.0 Å². The third-order valence-electron chi connectivity index (χ3n) is 5.85. The predicted molar refractivity (Wildman–Crippen MR) is 136 cm³/mol. The molecule has 0 fully saturated rings. The summed E-state index contributed by atoms with van der Waals surface area (Å²) in [5, 5.41) is 4.82. The summed E-state index contributed by atoms with van der Waals surface area (Å²) in [7, 11) is 0. The first-order valence-electron chi connectivity index (χ1n) is 10.7. The first-order chi connectivity index (χ1) is 16.3. The van der Waals surface area contributed by atoms with Crippen LogP contribution < -0.4 is 0 Å². The average Bonchev–Trinajstić information content (AvgIpc) is 2.88. The molecular weight excluding hydrogens is 426 g/mol. The van der Waals surface area contributed by atoms with Crippen molar-refractivity contribution in [2.45, 2.75) is 0 Å². The van der Waals surface area contributed by atoms with Crippen molar-refractivity contribution in [1.82, 2.24) is 15.0 Å². The summed E-state index contributed by atoms with van der Waals surface area (Å²) in [4.78, 5) is 13.7. The van der Waals surface area contributed by atoms with Crippen LogP contribution in [0, 0.1) is 0 Å². The van der Waals surface area contributed by atoms with E-state index < -0.39 is 0 Å². The number of hydrogen-bond acceptors (Lipinski definition) is 3. The highest BCUT2D eigenvalue weighted by Crippen LogP contribution is 2.37. The van der Waals surface area contributed by atoms with Gasteiger partial charge in [-0.25, -0.2) is 4.98 Å². The lowest BCUT2D eigenvalue weighted by molar-refractivity contribution is 1.07. The summed E-state index contributed by atoms with van der Waals surface area (Å²) in [5.74, 6) is 1.12. The number of nitrogens with zero attached hydrogens (tertiary/aromatic N) is 3. The molecule has 0 radical (unpaired) electrons. The predicted octanol–water partition coefficient (Wildman–Crippen LogP) is 7.83. The Labute approximate surface area is 196 Å². The molecule has 1 aromatic heterocycles. The van der Waals surface area contributed by atoms with Gasteiger partial charge in [0.1, 0.15) is 0 Å². The Morgan fingerprint density at radius 2 is 1.12 bits per heavy atom. The van der Waals surface area contributed by atoms with Crippen LogP contribution >= 0.6 is 11.6 Å². The lowest BCUT2D eigenvalue weighted by Gasteiger charge is -2.13. The fraction of sp³-hybridized carbons (Fsp3) is 0. The monoisotopic (exact) mass is 443 g/mol. The lowest BCUT2D eigenvalue weighted by atomic mass is 9.93. The Morgan fingerprint density at radius 1 is 0.455 bits per heavy atom. The lowest BCUT2D eigenvalue weighted by Crippen LogP contribution is -1.98. The molecule has 0 aliphatic heterocycles. The second-order valence-corrected chi connectivity index (χ2v) is 8.23. The number of aromatic nitrogens is 3. The van der Waals surface area contributed by atoms with Gasteiger partial charge in [0.05, 0.1) is 0 Å². The number of fused-ring (bicyclic) bond motifs is 2. The molecule has 33 heavy (non-hydrogen) atoms. The van der Waals surface area contributed by atoms with Gasteiger partial charge in [-0.3, -0.25) is 0 Å². The number of benzene rings is 5. The van der Waals surface area contributed by atoms with Gasteiger partial charge >= 0.3 is 0 Å².